The number of carbonyl (C=O) groups is 1. The van der Waals surface area contributed by atoms with Crippen LogP contribution in [0.5, 0.6) is 0 Å². The lowest BCUT2D eigenvalue weighted by Gasteiger charge is -2.14. The van der Waals surface area contributed by atoms with E-state index in [9.17, 15) is 18.0 Å². The third-order valence-electron chi connectivity index (χ3n) is 3.82. The fourth-order valence-electron chi connectivity index (χ4n) is 2.66. The summed E-state index contributed by atoms with van der Waals surface area (Å²) in [4.78, 5) is 13.3. The third kappa shape index (κ3) is 4.22. The maximum absolute atomic E-state index is 13.5. The highest BCUT2D eigenvalue weighted by Crippen LogP contribution is 2.42. The van der Waals surface area contributed by atoms with Gasteiger partial charge in [0.15, 0.2) is 5.78 Å². The van der Waals surface area contributed by atoms with E-state index in [4.69, 9.17) is 34.8 Å². The van der Waals surface area contributed by atoms with Crippen LogP contribution in [0.3, 0.4) is 0 Å². The van der Waals surface area contributed by atoms with Crippen molar-refractivity contribution in [3.05, 3.63) is 68.7 Å². The summed E-state index contributed by atoms with van der Waals surface area (Å²) in [5.41, 5.74) is -0.540. The Kier molecular flexibility index (Phi) is 5.63. The number of allylic oxidation sites excluding steroid dienone is 2. The van der Waals surface area contributed by atoms with Gasteiger partial charge in [-0.3, -0.25) is 4.79 Å². The van der Waals surface area contributed by atoms with E-state index in [1.807, 2.05) is 0 Å². The van der Waals surface area contributed by atoms with Gasteiger partial charge in [-0.2, -0.15) is 13.2 Å². The molecule has 0 radical (unpaired) electrons. The number of ketones is 1. The number of hydrogen-bond acceptors (Lipinski definition) is 2. The van der Waals surface area contributed by atoms with Gasteiger partial charge in [-0.15, -0.1) is 11.8 Å². The Morgan fingerprint density at radius 3 is 2.35 bits per heavy atom. The number of carbonyl (C=O) groups excluding carboxylic acids is 1. The van der Waals surface area contributed by atoms with Gasteiger partial charge in [0.2, 0.25) is 0 Å². The molecule has 1 aliphatic heterocycles. The maximum atomic E-state index is 13.5. The molecule has 0 aromatic heterocycles. The monoisotopic (exact) mass is 436 g/mol. The zero-order valence-electron chi connectivity index (χ0n) is 12.9. The van der Waals surface area contributed by atoms with Crippen LogP contribution in [-0.4, -0.2) is 17.2 Å². The number of rotatable bonds is 3. The summed E-state index contributed by atoms with van der Waals surface area (Å²) >= 11 is 18.9. The van der Waals surface area contributed by atoms with Crippen molar-refractivity contribution in [2.45, 2.75) is 22.7 Å². The van der Waals surface area contributed by atoms with Crippen molar-refractivity contribution in [2.24, 2.45) is 0 Å². The highest BCUT2D eigenvalue weighted by molar-refractivity contribution is 8.01. The Hall–Kier alpha value is -1.14. The molecule has 1 nitrogen and oxygen atoms in total. The predicted molar refractivity (Wildman–Crippen MR) is 100 cm³/mol. The van der Waals surface area contributed by atoms with Crippen molar-refractivity contribution in [3.8, 4) is 0 Å². The molecule has 1 atom stereocenters. The SMILES string of the molecule is O=C(/C=C(\c1cc(Cl)cc(Cl)c1)C(F)(F)F)C1Cc2c(Cl)cccc2S1. The summed E-state index contributed by atoms with van der Waals surface area (Å²) < 4.78 is 40.5. The van der Waals surface area contributed by atoms with Crippen LogP contribution >= 0.6 is 46.6 Å². The highest BCUT2D eigenvalue weighted by Gasteiger charge is 2.37. The molecule has 0 aliphatic carbocycles. The fourth-order valence-corrected chi connectivity index (χ4v) is 4.73. The first-order valence-electron chi connectivity index (χ1n) is 7.38. The highest BCUT2D eigenvalue weighted by atomic mass is 35.5. The number of hydrogen-bond donors (Lipinski definition) is 0. The minimum absolute atomic E-state index is 0.0597. The number of halogens is 6. The Balaban J connectivity index is 1.94. The van der Waals surface area contributed by atoms with Gasteiger partial charge in [-0.05, 0) is 54.0 Å². The van der Waals surface area contributed by atoms with Gasteiger partial charge in [0, 0.05) is 20.0 Å². The summed E-state index contributed by atoms with van der Waals surface area (Å²) in [5, 5.41) is -0.0297. The van der Waals surface area contributed by atoms with E-state index in [1.54, 1.807) is 18.2 Å². The molecule has 0 saturated heterocycles. The lowest BCUT2D eigenvalue weighted by atomic mass is 10.0. The second kappa shape index (κ2) is 7.47. The van der Waals surface area contributed by atoms with E-state index in [1.165, 1.54) is 17.8 Å². The molecule has 0 N–H and O–H groups in total. The molecule has 2 aromatic carbocycles. The van der Waals surface area contributed by atoms with Gasteiger partial charge in [0.1, 0.15) is 0 Å². The first-order chi connectivity index (χ1) is 12.1. The molecular weight excluding hydrogens is 428 g/mol. The maximum Gasteiger partial charge on any atom is 0.417 e. The molecule has 26 heavy (non-hydrogen) atoms. The van der Waals surface area contributed by atoms with Crippen molar-refractivity contribution in [2.75, 3.05) is 0 Å². The van der Waals surface area contributed by atoms with Crippen LogP contribution in [-0.2, 0) is 11.2 Å². The molecular formula is C18H10Cl3F3OS. The Labute approximate surface area is 167 Å². The number of benzene rings is 2. The molecule has 0 amide bonds. The number of fused-ring (bicyclic) bond motifs is 1. The normalized spacial score (nSPS) is 17.3. The van der Waals surface area contributed by atoms with Crippen LogP contribution in [0, 0.1) is 0 Å². The smallest absolute Gasteiger partial charge is 0.294 e. The minimum atomic E-state index is -4.72. The number of alkyl halides is 3. The third-order valence-corrected chi connectivity index (χ3v) is 5.93. The van der Waals surface area contributed by atoms with Gasteiger partial charge in [-0.1, -0.05) is 40.9 Å². The molecule has 2 aromatic rings. The van der Waals surface area contributed by atoms with E-state index in [0.29, 0.717) is 11.1 Å². The second-order valence-corrected chi connectivity index (χ2v) is 8.17. The zero-order valence-corrected chi connectivity index (χ0v) is 16.0. The molecule has 3 rings (SSSR count). The Bertz CT molecular complexity index is 889. The van der Waals surface area contributed by atoms with E-state index in [2.05, 4.69) is 0 Å². The topological polar surface area (TPSA) is 17.1 Å². The Morgan fingerprint density at radius 2 is 1.77 bits per heavy atom. The van der Waals surface area contributed by atoms with Gasteiger partial charge < -0.3 is 0 Å². The summed E-state index contributed by atoms with van der Waals surface area (Å²) in [6.07, 6.45) is -3.81. The van der Waals surface area contributed by atoms with Crippen molar-refractivity contribution in [3.63, 3.8) is 0 Å². The zero-order chi connectivity index (χ0) is 19.1. The average molecular weight is 438 g/mol. The average Bonchev–Trinajstić information content (AvgIpc) is 2.96. The first-order valence-corrected chi connectivity index (χ1v) is 9.40. The minimum Gasteiger partial charge on any atom is -0.294 e. The molecule has 136 valence electrons. The second-order valence-electron chi connectivity index (χ2n) is 5.64. The van der Waals surface area contributed by atoms with E-state index < -0.39 is 22.8 Å². The van der Waals surface area contributed by atoms with Gasteiger partial charge >= 0.3 is 6.18 Å². The van der Waals surface area contributed by atoms with Gasteiger partial charge in [-0.25, -0.2) is 0 Å². The number of thioether (sulfide) groups is 1. The summed E-state index contributed by atoms with van der Waals surface area (Å²) in [6, 6.07) is 8.82. The van der Waals surface area contributed by atoms with Crippen LogP contribution in [0.25, 0.3) is 5.57 Å². The quantitative estimate of drug-likeness (QED) is 0.487. The molecule has 0 bridgehead atoms. The van der Waals surface area contributed by atoms with E-state index in [-0.39, 0.29) is 22.0 Å². The first kappa shape index (κ1) is 19.6. The van der Waals surface area contributed by atoms with Gasteiger partial charge in [0.05, 0.1) is 10.8 Å². The summed E-state index contributed by atoms with van der Waals surface area (Å²) in [7, 11) is 0. The Morgan fingerprint density at radius 1 is 1.12 bits per heavy atom. The lowest BCUT2D eigenvalue weighted by molar-refractivity contribution is -0.114. The van der Waals surface area contributed by atoms with Gasteiger partial charge in [0.25, 0.3) is 0 Å². The fraction of sp³-hybridized carbons (Fsp3) is 0.167. The summed E-state index contributed by atoms with van der Waals surface area (Å²) in [6.45, 7) is 0. The van der Waals surface area contributed by atoms with Crippen molar-refractivity contribution >= 4 is 57.9 Å². The molecule has 1 unspecified atom stereocenters. The van der Waals surface area contributed by atoms with E-state index >= 15 is 0 Å². The van der Waals surface area contributed by atoms with Crippen molar-refractivity contribution in [1.29, 1.82) is 0 Å². The van der Waals surface area contributed by atoms with E-state index in [0.717, 1.165) is 22.6 Å². The molecule has 8 heteroatoms. The van der Waals surface area contributed by atoms with Crippen molar-refractivity contribution in [1.82, 2.24) is 0 Å². The molecule has 1 aliphatic rings. The predicted octanol–water partition coefficient (Wildman–Crippen LogP) is 6.88. The lowest BCUT2D eigenvalue weighted by Crippen LogP contribution is -2.18. The molecule has 0 spiro atoms. The van der Waals surface area contributed by atoms with Crippen LogP contribution in [0.4, 0.5) is 13.2 Å². The largest absolute Gasteiger partial charge is 0.417 e. The summed E-state index contributed by atoms with van der Waals surface area (Å²) in [5.74, 6) is -0.634. The molecule has 0 fully saturated rings. The van der Waals surface area contributed by atoms with Crippen LogP contribution in [0.2, 0.25) is 15.1 Å². The van der Waals surface area contributed by atoms with Crippen molar-refractivity contribution < 1.29 is 18.0 Å². The molecule has 0 saturated carbocycles. The molecule has 1 heterocycles. The van der Waals surface area contributed by atoms with Crippen LogP contribution < -0.4 is 0 Å². The van der Waals surface area contributed by atoms with Crippen LogP contribution in [0.1, 0.15) is 11.1 Å². The standard InChI is InChI=1S/C18H10Cl3F3OS/c19-10-4-9(5-11(20)6-10)13(18(22,23)24)8-15(25)17-7-12-14(21)2-1-3-16(12)26-17/h1-6,8,17H,7H2/b13-8+. The van der Waals surface area contributed by atoms with Crippen LogP contribution in [0.15, 0.2) is 47.4 Å².